The molecule has 1 unspecified atom stereocenters. The first-order chi connectivity index (χ1) is 5.41. The van der Waals surface area contributed by atoms with Gasteiger partial charge in [-0.1, -0.05) is 11.3 Å². The molecule has 0 saturated heterocycles. The van der Waals surface area contributed by atoms with E-state index in [1.165, 1.54) is 0 Å². The van der Waals surface area contributed by atoms with Crippen LogP contribution in [-0.2, 0) is 6.18 Å². The normalized spacial score (nSPS) is 14.8. The fourth-order valence-corrected chi connectivity index (χ4v) is 1.33. The highest BCUT2D eigenvalue weighted by molar-refractivity contribution is 7.11. The number of aromatic nitrogens is 2. The van der Waals surface area contributed by atoms with E-state index in [9.17, 15) is 13.2 Å². The van der Waals surface area contributed by atoms with Gasteiger partial charge in [-0.05, 0) is 6.92 Å². The lowest BCUT2D eigenvalue weighted by Crippen LogP contribution is -2.03. The minimum Gasteiger partial charge on any atom is -0.164 e. The zero-order valence-corrected chi connectivity index (χ0v) is 7.46. The second-order valence-electron chi connectivity index (χ2n) is 2.06. The van der Waals surface area contributed by atoms with Gasteiger partial charge in [0.05, 0.1) is 5.38 Å². The molecule has 1 heterocycles. The number of nitrogens with zero attached hydrogens (tertiary/aromatic N) is 2. The van der Waals surface area contributed by atoms with E-state index >= 15 is 0 Å². The van der Waals surface area contributed by atoms with Gasteiger partial charge in [-0.2, -0.15) is 13.2 Å². The van der Waals surface area contributed by atoms with Crippen LogP contribution in [0, 0.1) is 0 Å². The van der Waals surface area contributed by atoms with Crippen molar-refractivity contribution in [3.63, 3.8) is 0 Å². The lowest BCUT2D eigenvalue weighted by molar-refractivity contribution is -0.138. The zero-order valence-electron chi connectivity index (χ0n) is 5.89. The average Bonchev–Trinajstić information content (AvgIpc) is 2.30. The molecule has 1 aromatic heterocycles. The summed E-state index contributed by atoms with van der Waals surface area (Å²) in [5, 5.41) is 4.97. The van der Waals surface area contributed by atoms with Crippen molar-refractivity contribution in [3.8, 4) is 0 Å². The van der Waals surface area contributed by atoms with E-state index in [2.05, 4.69) is 10.2 Å². The molecule has 0 aliphatic carbocycles. The van der Waals surface area contributed by atoms with Gasteiger partial charge in [0.1, 0.15) is 5.01 Å². The van der Waals surface area contributed by atoms with E-state index in [1.54, 1.807) is 6.92 Å². The Bertz CT molecular complexity index is 270. The van der Waals surface area contributed by atoms with Gasteiger partial charge < -0.3 is 0 Å². The van der Waals surface area contributed by atoms with E-state index in [0.717, 1.165) is 0 Å². The number of hydrogen-bond donors (Lipinski definition) is 0. The summed E-state index contributed by atoms with van der Waals surface area (Å²) in [6.45, 7) is 1.54. The second kappa shape index (κ2) is 3.18. The standard InChI is InChI=1S/C5H4ClF3N2S/c1-2(6)3-10-11-4(12-3)5(7,8)9/h2H,1H3. The van der Waals surface area contributed by atoms with Crippen LogP contribution < -0.4 is 0 Å². The van der Waals surface area contributed by atoms with Crippen LogP contribution in [0.15, 0.2) is 0 Å². The van der Waals surface area contributed by atoms with E-state index in [-0.39, 0.29) is 5.01 Å². The zero-order chi connectivity index (χ0) is 9.35. The van der Waals surface area contributed by atoms with Crippen molar-refractivity contribution in [2.45, 2.75) is 18.5 Å². The van der Waals surface area contributed by atoms with Crippen LogP contribution in [0.1, 0.15) is 22.3 Å². The maximum absolute atomic E-state index is 11.9. The van der Waals surface area contributed by atoms with Crippen LogP contribution >= 0.6 is 22.9 Å². The molecule has 2 nitrogen and oxygen atoms in total. The lowest BCUT2D eigenvalue weighted by atomic mass is 10.5. The minimum atomic E-state index is -4.41. The molecule has 0 saturated carbocycles. The molecule has 0 fully saturated rings. The summed E-state index contributed by atoms with van der Waals surface area (Å²) in [4.78, 5) is 0. The summed E-state index contributed by atoms with van der Waals surface area (Å²) in [5.41, 5.74) is 0. The smallest absolute Gasteiger partial charge is 0.164 e. The summed E-state index contributed by atoms with van der Waals surface area (Å²) < 4.78 is 35.8. The third-order valence-electron chi connectivity index (χ3n) is 1.02. The Balaban J connectivity index is 2.92. The number of alkyl halides is 4. The largest absolute Gasteiger partial charge is 0.445 e. The van der Waals surface area contributed by atoms with E-state index in [1.807, 2.05) is 0 Å². The van der Waals surface area contributed by atoms with Gasteiger partial charge in [0.15, 0.2) is 0 Å². The molecule has 0 aliphatic heterocycles. The van der Waals surface area contributed by atoms with Gasteiger partial charge in [0.25, 0.3) is 0 Å². The Kier molecular flexibility index (Phi) is 2.58. The highest BCUT2D eigenvalue weighted by atomic mass is 35.5. The van der Waals surface area contributed by atoms with E-state index in [4.69, 9.17) is 11.6 Å². The van der Waals surface area contributed by atoms with Crippen LogP contribution in [0.3, 0.4) is 0 Å². The SMILES string of the molecule is CC(Cl)c1nnc(C(F)(F)F)s1. The molecule has 0 aliphatic rings. The highest BCUT2D eigenvalue weighted by Crippen LogP contribution is 2.34. The fourth-order valence-electron chi connectivity index (χ4n) is 0.510. The maximum Gasteiger partial charge on any atom is 0.445 e. The molecule has 68 valence electrons. The first kappa shape index (κ1) is 9.73. The summed E-state index contributed by atoms with van der Waals surface area (Å²) in [6.07, 6.45) is -4.41. The van der Waals surface area contributed by atoms with E-state index in [0.29, 0.717) is 11.3 Å². The summed E-state index contributed by atoms with van der Waals surface area (Å²) in [6, 6.07) is 0. The lowest BCUT2D eigenvalue weighted by Gasteiger charge is -1.97. The Morgan fingerprint density at radius 1 is 1.42 bits per heavy atom. The predicted octanol–water partition coefficient (Wildman–Crippen LogP) is 2.86. The fraction of sp³-hybridized carbons (Fsp3) is 0.600. The predicted molar refractivity (Wildman–Crippen MR) is 39.2 cm³/mol. The third kappa shape index (κ3) is 2.07. The van der Waals surface area contributed by atoms with Crippen molar-refractivity contribution in [1.29, 1.82) is 0 Å². The molecular formula is C5H4ClF3N2S. The first-order valence-electron chi connectivity index (χ1n) is 2.96. The molecule has 1 rings (SSSR count). The third-order valence-corrected chi connectivity index (χ3v) is 2.51. The van der Waals surface area contributed by atoms with Crippen LogP contribution in [0.4, 0.5) is 13.2 Å². The molecule has 1 atom stereocenters. The molecule has 0 bridgehead atoms. The summed E-state index contributed by atoms with van der Waals surface area (Å²) >= 11 is 5.98. The van der Waals surface area contributed by atoms with Crippen molar-refractivity contribution >= 4 is 22.9 Å². The first-order valence-corrected chi connectivity index (χ1v) is 4.21. The topological polar surface area (TPSA) is 25.8 Å². The van der Waals surface area contributed by atoms with Gasteiger partial charge in [-0.3, -0.25) is 0 Å². The average molecular weight is 217 g/mol. The Morgan fingerprint density at radius 3 is 2.25 bits per heavy atom. The van der Waals surface area contributed by atoms with Crippen LogP contribution in [-0.4, -0.2) is 10.2 Å². The van der Waals surface area contributed by atoms with Gasteiger partial charge >= 0.3 is 6.18 Å². The monoisotopic (exact) mass is 216 g/mol. The maximum atomic E-state index is 11.9. The van der Waals surface area contributed by atoms with Crippen molar-refractivity contribution in [3.05, 3.63) is 10.0 Å². The molecular weight excluding hydrogens is 213 g/mol. The van der Waals surface area contributed by atoms with E-state index < -0.39 is 16.6 Å². The van der Waals surface area contributed by atoms with Gasteiger partial charge in [-0.25, -0.2) is 0 Å². The summed E-state index contributed by atoms with van der Waals surface area (Å²) in [7, 11) is 0. The number of rotatable bonds is 1. The molecule has 0 radical (unpaired) electrons. The number of hydrogen-bond acceptors (Lipinski definition) is 3. The molecule has 12 heavy (non-hydrogen) atoms. The second-order valence-corrected chi connectivity index (χ2v) is 3.72. The summed E-state index contributed by atoms with van der Waals surface area (Å²) in [5.74, 6) is 0. The Hall–Kier alpha value is -0.360. The molecule has 0 N–H and O–H groups in total. The molecule has 1 aromatic rings. The number of halogens is 4. The Labute approximate surface area is 75.4 Å². The minimum absolute atomic E-state index is 0.184. The van der Waals surface area contributed by atoms with Gasteiger partial charge in [0, 0.05) is 0 Å². The van der Waals surface area contributed by atoms with Crippen LogP contribution in [0.5, 0.6) is 0 Å². The van der Waals surface area contributed by atoms with Gasteiger partial charge in [0.2, 0.25) is 5.01 Å². The highest BCUT2D eigenvalue weighted by Gasteiger charge is 2.35. The molecule has 7 heteroatoms. The van der Waals surface area contributed by atoms with Crippen molar-refractivity contribution in [1.82, 2.24) is 10.2 Å². The molecule has 0 amide bonds. The Morgan fingerprint density at radius 2 is 2.00 bits per heavy atom. The molecule has 0 spiro atoms. The van der Waals surface area contributed by atoms with Crippen molar-refractivity contribution < 1.29 is 13.2 Å². The van der Waals surface area contributed by atoms with Gasteiger partial charge in [-0.15, -0.1) is 21.8 Å². The van der Waals surface area contributed by atoms with Crippen molar-refractivity contribution in [2.75, 3.05) is 0 Å². The van der Waals surface area contributed by atoms with Crippen LogP contribution in [0.2, 0.25) is 0 Å². The quantitative estimate of drug-likeness (QED) is 0.675. The molecule has 0 aromatic carbocycles. The van der Waals surface area contributed by atoms with Crippen molar-refractivity contribution in [2.24, 2.45) is 0 Å². The van der Waals surface area contributed by atoms with Crippen LogP contribution in [0.25, 0.3) is 0 Å².